The number of nitrogens with two attached hydrogens (primary N) is 1. The van der Waals surface area contributed by atoms with Gasteiger partial charge in [-0.05, 0) is 19.8 Å². The van der Waals surface area contributed by atoms with Crippen molar-refractivity contribution in [1.29, 1.82) is 0 Å². The van der Waals surface area contributed by atoms with Crippen molar-refractivity contribution in [3.05, 3.63) is 17.5 Å². The second kappa shape index (κ2) is 5.89. The zero-order valence-electron chi connectivity index (χ0n) is 11.3. The maximum Gasteiger partial charge on any atom is 0.189 e. The Kier molecular flexibility index (Phi) is 4.23. The fourth-order valence-electron chi connectivity index (χ4n) is 2.37. The first-order valence-corrected chi connectivity index (χ1v) is 6.70. The highest BCUT2D eigenvalue weighted by atomic mass is 15.3. The van der Waals surface area contributed by atoms with Crippen LogP contribution in [0.3, 0.4) is 0 Å². The van der Waals surface area contributed by atoms with Gasteiger partial charge in [0.25, 0.3) is 0 Å². The van der Waals surface area contributed by atoms with Crippen LogP contribution in [0.25, 0.3) is 0 Å². The maximum atomic E-state index is 5.92. The first kappa shape index (κ1) is 12.9. The summed E-state index contributed by atoms with van der Waals surface area (Å²) >= 11 is 0. The summed E-state index contributed by atoms with van der Waals surface area (Å²) in [5.74, 6) is 0.560. The Balaban J connectivity index is 1.86. The highest BCUT2D eigenvalue weighted by molar-refractivity contribution is 5.78. The van der Waals surface area contributed by atoms with Gasteiger partial charge >= 0.3 is 0 Å². The molecule has 5 heteroatoms. The summed E-state index contributed by atoms with van der Waals surface area (Å²) in [5, 5.41) is 7.51. The van der Waals surface area contributed by atoms with Crippen LogP contribution in [0.4, 0.5) is 0 Å². The molecule has 0 aromatic carbocycles. The molecule has 0 atom stereocenters. The molecule has 5 nitrogen and oxygen atoms in total. The summed E-state index contributed by atoms with van der Waals surface area (Å²) in [4.78, 5) is 4.39. The number of rotatable bonds is 3. The summed E-state index contributed by atoms with van der Waals surface area (Å²) in [7, 11) is 1.94. The van der Waals surface area contributed by atoms with Gasteiger partial charge in [0, 0.05) is 24.3 Å². The van der Waals surface area contributed by atoms with Gasteiger partial charge < -0.3 is 11.1 Å². The van der Waals surface area contributed by atoms with Gasteiger partial charge in [-0.25, -0.2) is 4.99 Å². The van der Waals surface area contributed by atoms with E-state index in [1.54, 1.807) is 0 Å². The molecule has 1 aromatic rings. The molecule has 0 radical (unpaired) electrons. The lowest BCUT2D eigenvalue weighted by Gasteiger charge is -2.23. The zero-order valence-corrected chi connectivity index (χ0v) is 11.3. The smallest absolute Gasteiger partial charge is 0.189 e. The Morgan fingerprint density at radius 2 is 2.22 bits per heavy atom. The lowest BCUT2D eigenvalue weighted by molar-refractivity contribution is 0.412. The molecule has 2 rings (SSSR count). The van der Waals surface area contributed by atoms with Crippen LogP contribution >= 0.6 is 0 Å². The van der Waals surface area contributed by atoms with Crippen LogP contribution in [0.2, 0.25) is 0 Å². The van der Waals surface area contributed by atoms with E-state index in [1.807, 2.05) is 24.9 Å². The second-order valence-corrected chi connectivity index (χ2v) is 5.06. The second-order valence-electron chi connectivity index (χ2n) is 5.06. The lowest BCUT2D eigenvalue weighted by Crippen LogP contribution is -2.41. The monoisotopic (exact) mass is 249 g/mol. The summed E-state index contributed by atoms with van der Waals surface area (Å²) < 4.78 is 1.86. The van der Waals surface area contributed by atoms with Gasteiger partial charge in [-0.1, -0.05) is 19.3 Å². The van der Waals surface area contributed by atoms with Crippen molar-refractivity contribution in [3.8, 4) is 0 Å². The van der Waals surface area contributed by atoms with E-state index in [2.05, 4.69) is 15.4 Å². The van der Waals surface area contributed by atoms with Gasteiger partial charge in [0.15, 0.2) is 5.96 Å². The number of hydrogen-bond acceptors (Lipinski definition) is 2. The third-order valence-corrected chi connectivity index (χ3v) is 3.71. The molecule has 0 saturated heterocycles. The number of hydrogen-bond donors (Lipinski definition) is 2. The van der Waals surface area contributed by atoms with Crippen molar-refractivity contribution in [1.82, 2.24) is 15.1 Å². The molecule has 1 heterocycles. The minimum Gasteiger partial charge on any atom is -0.370 e. The number of guanidine groups is 1. The molecular formula is C13H23N5. The summed E-state index contributed by atoms with van der Waals surface area (Å²) in [5.41, 5.74) is 8.19. The lowest BCUT2D eigenvalue weighted by atomic mass is 9.96. The maximum absolute atomic E-state index is 5.92. The number of nitrogens with one attached hydrogen (secondary N) is 1. The van der Waals surface area contributed by atoms with Gasteiger partial charge in [0.05, 0.1) is 12.7 Å². The van der Waals surface area contributed by atoms with E-state index in [-0.39, 0.29) is 0 Å². The Labute approximate surface area is 108 Å². The molecule has 3 N–H and O–H groups in total. The molecule has 1 aliphatic rings. The molecule has 0 spiro atoms. The average Bonchev–Trinajstić information content (AvgIpc) is 2.69. The fraction of sp³-hybridized carbons (Fsp3) is 0.692. The van der Waals surface area contributed by atoms with Crippen molar-refractivity contribution in [2.24, 2.45) is 17.8 Å². The van der Waals surface area contributed by atoms with Crippen molar-refractivity contribution < 1.29 is 0 Å². The average molecular weight is 249 g/mol. The molecule has 100 valence electrons. The van der Waals surface area contributed by atoms with Gasteiger partial charge in [0.1, 0.15) is 0 Å². The Morgan fingerprint density at radius 1 is 1.50 bits per heavy atom. The minimum absolute atomic E-state index is 0.512. The predicted octanol–water partition coefficient (Wildman–Crippen LogP) is 1.47. The minimum atomic E-state index is 0.512. The largest absolute Gasteiger partial charge is 0.370 e. The first-order valence-electron chi connectivity index (χ1n) is 6.70. The number of aromatic nitrogens is 2. The van der Waals surface area contributed by atoms with Crippen LogP contribution in [0.15, 0.2) is 11.2 Å². The van der Waals surface area contributed by atoms with Crippen molar-refractivity contribution in [3.63, 3.8) is 0 Å². The van der Waals surface area contributed by atoms with E-state index < -0.39 is 0 Å². The highest BCUT2D eigenvalue weighted by Gasteiger charge is 2.13. The number of aryl methyl sites for hydroxylation is 1. The van der Waals surface area contributed by atoms with Crippen LogP contribution in [-0.2, 0) is 13.6 Å². The van der Waals surface area contributed by atoms with Crippen LogP contribution in [0.1, 0.15) is 43.4 Å². The van der Waals surface area contributed by atoms with Gasteiger partial charge in [-0.3, -0.25) is 4.68 Å². The predicted molar refractivity (Wildman–Crippen MR) is 73.3 cm³/mol. The third kappa shape index (κ3) is 3.24. The van der Waals surface area contributed by atoms with E-state index in [0.717, 1.165) is 11.3 Å². The number of nitrogens with zero attached hydrogens (tertiary/aromatic N) is 3. The standard InChI is InChI=1S/C13H23N5/c1-10-11(9-16-18(10)2)8-15-13(14)17-12-6-4-3-5-7-12/h9,12H,3-8H2,1-2H3,(H3,14,15,17). The van der Waals surface area contributed by atoms with Crippen molar-refractivity contribution in [2.45, 2.75) is 51.6 Å². The Morgan fingerprint density at radius 3 is 2.83 bits per heavy atom. The zero-order chi connectivity index (χ0) is 13.0. The Hall–Kier alpha value is -1.52. The van der Waals surface area contributed by atoms with Gasteiger partial charge in [-0.15, -0.1) is 0 Å². The molecule has 18 heavy (non-hydrogen) atoms. The molecule has 1 fully saturated rings. The first-order chi connectivity index (χ1) is 8.66. The topological polar surface area (TPSA) is 68.2 Å². The quantitative estimate of drug-likeness (QED) is 0.629. The Bertz CT molecular complexity index is 415. The summed E-state index contributed by atoms with van der Waals surface area (Å²) in [6, 6.07) is 0.512. The fourth-order valence-corrected chi connectivity index (χ4v) is 2.37. The van der Waals surface area contributed by atoms with Gasteiger partial charge in [0.2, 0.25) is 0 Å². The number of aliphatic imine (C=N–C) groups is 1. The summed E-state index contributed by atoms with van der Waals surface area (Å²) in [6.07, 6.45) is 8.22. The van der Waals surface area contributed by atoms with Crippen molar-refractivity contribution in [2.75, 3.05) is 0 Å². The molecular weight excluding hydrogens is 226 g/mol. The van der Waals surface area contributed by atoms with Gasteiger partial charge in [-0.2, -0.15) is 5.10 Å². The normalized spacial score (nSPS) is 18.0. The SMILES string of the molecule is Cc1c(CN=C(N)NC2CCCCC2)cnn1C. The van der Waals surface area contributed by atoms with E-state index in [1.165, 1.54) is 32.1 Å². The van der Waals surface area contributed by atoms with Crippen LogP contribution in [0.5, 0.6) is 0 Å². The van der Waals surface area contributed by atoms with Crippen molar-refractivity contribution >= 4 is 5.96 Å². The molecule has 1 aromatic heterocycles. The summed E-state index contributed by atoms with van der Waals surface area (Å²) in [6.45, 7) is 2.65. The molecule has 0 aliphatic heterocycles. The molecule has 1 aliphatic carbocycles. The molecule has 0 unspecified atom stereocenters. The van der Waals surface area contributed by atoms with Crippen LogP contribution < -0.4 is 11.1 Å². The molecule has 0 bridgehead atoms. The molecule has 0 amide bonds. The third-order valence-electron chi connectivity index (χ3n) is 3.71. The molecule has 1 saturated carbocycles. The van der Waals surface area contributed by atoms with E-state index in [4.69, 9.17) is 5.73 Å². The van der Waals surface area contributed by atoms with E-state index >= 15 is 0 Å². The highest BCUT2D eigenvalue weighted by Crippen LogP contribution is 2.17. The van der Waals surface area contributed by atoms with Crippen LogP contribution in [0, 0.1) is 6.92 Å². The van der Waals surface area contributed by atoms with E-state index in [9.17, 15) is 0 Å². The van der Waals surface area contributed by atoms with Crippen LogP contribution in [-0.4, -0.2) is 21.8 Å². The van der Waals surface area contributed by atoms with E-state index in [0.29, 0.717) is 18.5 Å².